The van der Waals surface area contributed by atoms with Crippen LogP contribution in [0.25, 0.3) is 0 Å². The normalized spacial score (nSPS) is 13.0. The predicted molar refractivity (Wildman–Crippen MR) is 40.2 cm³/mol. The predicted octanol–water partition coefficient (Wildman–Crippen LogP) is 0.258. The van der Waals surface area contributed by atoms with E-state index >= 15 is 0 Å². The fourth-order valence-electron chi connectivity index (χ4n) is 0.737. The number of nitrogens with one attached hydrogen (secondary N) is 1. The van der Waals surface area contributed by atoms with Gasteiger partial charge in [0.25, 0.3) is 0 Å². The molecule has 1 aromatic rings. The van der Waals surface area contributed by atoms with Gasteiger partial charge < -0.3 is 11.1 Å². The van der Waals surface area contributed by atoms with Crippen LogP contribution < -0.4 is 11.1 Å². The highest BCUT2D eigenvalue weighted by Crippen LogP contribution is 2.02. The highest BCUT2D eigenvalue weighted by molar-refractivity contribution is 5.13. The smallest absolute Gasteiger partial charge is 0.0808 e. The Kier molecular flexibility index (Phi) is 2.36. The van der Waals surface area contributed by atoms with Gasteiger partial charge in [-0.1, -0.05) is 0 Å². The number of nitrogens with zero attached hydrogens (tertiary/aromatic N) is 1. The summed E-state index contributed by atoms with van der Waals surface area (Å²) >= 11 is 0. The third-order valence-electron chi connectivity index (χ3n) is 1.38. The van der Waals surface area contributed by atoms with Crippen molar-refractivity contribution < 1.29 is 0 Å². The maximum absolute atomic E-state index is 5.66. The second-order valence-electron chi connectivity index (χ2n) is 2.05. The Hall–Kier alpha value is -0.930. The van der Waals surface area contributed by atoms with Crippen molar-refractivity contribution in [3.63, 3.8) is 0 Å². The van der Waals surface area contributed by atoms with Crippen molar-refractivity contribution in [1.29, 1.82) is 0 Å². The molecular formula is C7H11N3. The van der Waals surface area contributed by atoms with Crippen LogP contribution in [0.1, 0.15) is 11.7 Å². The van der Waals surface area contributed by atoms with Crippen molar-refractivity contribution in [3.8, 4) is 0 Å². The van der Waals surface area contributed by atoms with Gasteiger partial charge in [-0.2, -0.15) is 0 Å². The minimum atomic E-state index is -0.0806. The summed E-state index contributed by atoms with van der Waals surface area (Å²) in [5.74, 6) is 0. The number of hydrogen-bond acceptors (Lipinski definition) is 3. The van der Waals surface area contributed by atoms with E-state index < -0.39 is 0 Å². The van der Waals surface area contributed by atoms with Crippen LogP contribution >= 0.6 is 0 Å². The van der Waals surface area contributed by atoms with Gasteiger partial charge in [-0.3, -0.25) is 4.98 Å². The fraction of sp³-hybridized carbons (Fsp3) is 0.286. The van der Waals surface area contributed by atoms with Crippen LogP contribution in [0.4, 0.5) is 0 Å². The molecule has 1 rings (SSSR count). The first-order valence-electron chi connectivity index (χ1n) is 3.17. The number of rotatable bonds is 2. The lowest BCUT2D eigenvalue weighted by Gasteiger charge is -2.08. The lowest BCUT2D eigenvalue weighted by molar-refractivity contribution is 0.621. The van der Waals surface area contributed by atoms with Gasteiger partial charge in [-0.25, -0.2) is 0 Å². The SMILES string of the molecule is CNC(N)c1ccncc1. The van der Waals surface area contributed by atoms with Crippen molar-refractivity contribution in [2.75, 3.05) is 7.05 Å². The molecule has 54 valence electrons. The molecule has 0 aliphatic heterocycles. The largest absolute Gasteiger partial charge is 0.312 e. The molecule has 0 aliphatic carbocycles. The van der Waals surface area contributed by atoms with Crippen molar-refractivity contribution in [2.24, 2.45) is 5.73 Å². The van der Waals surface area contributed by atoms with Crippen LogP contribution in [0, 0.1) is 0 Å². The summed E-state index contributed by atoms with van der Waals surface area (Å²) < 4.78 is 0. The van der Waals surface area contributed by atoms with Crippen molar-refractivity contribution in [3.05, 3.63) is 30.1 Å². The molecule has 0 saturated heterocycles. The second-order valence-corrected chi connectivity index (χ2v) is 2.05. The first kappa shape index (κ1) is 7.18. The molecule has 3 heteroatoms. The Morgan fingerprint density at radius 1 is 1.50 bits per heavy atom. The second kappa shape index (κ2) is 3.29. The highest BCUT2D eigenvalue weighted by Gasteiger charge is 1.98. The van der Waals surface area contributed by atoms with Gasteiger partial charge in [0, 0.05) is 12.4 Å². The first-order chi connectivity index (χ1) is 4.84. The lowest BCUT2D eigenvalue weighted by atomic mass is 10.2. The molecule has 0 amide bonds. The zero-order valence-corrected chi connectivity index (χ0v) is 5.91. The van der Waals surface area contributed by atoms with Crippen molar-refractivity contribution in [2.45, 2.75) is 6.17 Å². The third kappa shape index (κ3) is 1.52. The molecule has 0 radical (unpaired) electrons. The molecule has 0 spiro atoms. The van der Waals surface area contributed by atoms with Gasteiger partial charge in [0.1, 0.15) is 0 Å². The average molecular weight is 137 g/mol. The summed E-state index contributed by atoms with van der Waals surface area (Å²) in [4.78, 5) is 3.88. The van der Waals surface area contributed by atoms with E-state index in [1.54, 1.807) is 12.4 Å². The topological polar surface area (TPSA) is 50.9 Å². The summed E-state index contributed by atoms with van der Waals surface area (Å²) in [6.07, 6.45) is 3.38. The van der Waals surface area contributed by atoms with E-state index in [0.717, 1.165) is 5.56 Å². The minimum Gasteiger partial charge on any atom is -0.312 e. The molecule has 10 heavy (non-hydrogen) atoms. The molecule has 0 bridgehead atoms. The number of aromatic nitrogens is 1. The maximum atomic E-state index is 5.66. The zero-order valence-electron chi connectivity index (χ0n) is 5.91. The van der Waals surface area contributed by atoms with E-state index in [2.05, 4.69) is 10.3 Å². The number of pyridine rings is 1. The van der Waals surface area contributed by atoms with Gasteiger partial charge >= 0.3 is 0 Å². The maximum Gasteiger partial charge on any atom is 0.0808 e. The fourth-order valence-corrected chi connectivity index (χ4v) is 0.737. The van der Waals surface area contributed by atoms with E-state index in [1.807, 2.05) is 19.2 Å². The van der Waals surface area contributed by atoms with Crippen molar-refractivity contribution in [1.82, 2.24) is 10.3 Å². The summed E-state index contributed by atoms with van der Waals surface area (Å²) in [5.41, 5.74) is 6.71. The zero-order chi connectivity index (χ0) is 7.40. The molecule has 3 N–H and O–H groups in total. The molecule has 0 fully saturated rings. The van der Waals surface area contributed by atoms with E-state index in [0.29, 0.717) is 0 Å². The quantitative estimate of drug-likeness (QED) is 0.575. The monoisotopic (exact) mass is 137 g/mol. The van der Waals surface area contributed by atoms with Crippen LogP contribution in [-0.4, -0.2) is 12.0 Å². The Labute approximate surface area is 60.3 Å². The molecule has 0 aromatic carbocycles. The Balaban J connectivity index is 2.75. The molecule has 0 saturated carbocycles. The Bertz CT molecular complexity index is 185. The van der Waals surface area contributed by atoms with Crippen LogP contribution in [0.15, 0.2) is 24.5 Å². The lowest BCUT2D eigenvalue weighted by Crippen LogP contribution is -2.24. The third-order valence-corrected chi connectivity index (χ3v) is 1.38. The molecule has 1 aromatic heterocycles. The molecular weight excluding hydrogens is 126 g/mol. The Morgan fingerprint density at radius 3 is 2.60 bits per heavy atom. The Morgan fingerprint density at radius 2 is 2.10 bits per heavy atom. The van der Waals surface area contributed by atoms with Gasteiger partial charge in [0.15, 0.2) is 0 Å². The average Bonchev–Trinajstić information content (AvgIpc) is 2.05. The van der Waals surface area contributed by atoms with Crippen molar-refractivity contribution >= 4 is 0 Å². The van der Waals surface area contributed by atoms with Crippen LogP contribution in [0.3, 0.4) is 0 Å². The summed E-state index contributed by atoms with van der Waals surface area (Å²) in [6, 6.07) is 3.78. The van der Waals surface area contributed by atoms with Crippen LogP contribution in [-0.2, 0) is 0 Å². The van der Waals surface area contributed by atoms with Crippen LogP contribution in [0.2, 0.25) is 0 Å². The summed E-state index contributed by atoms with van der Waals surface area (Å²) in [7, 11) is 1.82. The minimum absolute atomic E-state index is 0.0806. The van der Waals surface area contributed by atoms with Gasteiger partial charge in [0.2, 0.25) is 0 Å². The number of hydrogen-bond donors (Lipinski definition) is 2. The van der Waals surface area contributed by atoms with E-state index in [1.165, 1.54) is 0 Å². The molecule has 1 unspecified atom stereocenters. The molecule has 1 atom stereocenters. The van der Waals surface area contributed by atoms with Gasteiger partial charge in [-0.05, 0) is 24.7 Å². The molecule has 1 heterocycles. The molecule has 0 aliphatic rings. The molecule has 3 nitrogen and oxygen atoms in total. The van der Waals surface area contributed by atoms with E-state index in [4.69, 9.17) is 5.73 Å². The standard InChI is InChI=1S/C7H11N3/c1-9-7(8)6-2-4-10-5-3-6/h2-5,7,9H,8H2,1H3. The summed E-state index contributed by atoms with van der Waals surface area (Å²) in [5, 5.41) is 2.93. The summed E-state index contributed by atoms with van der Waals surface area (Å²) in [6.45, 7) is 0. The van der Waals surface area contributed by atoms with E-state index in [-0.39, 0.29) is 6.17 Å². The van der Waals surface area contributed by atoms with E-state index in [9.17, 15) is 0 Å². The highest BCUT2D eigenvalue weighted by atomic mass is 15.0. The first-order valence-corrected chi connectivity index (χ1v) is 3.17. The number of nitrogens with two attached hydrogens (primary N) is 1. The van der Waals surface area contributed by atoms with Crippen LogP contribution in [0.5, 0.6) is 0 Å². The van der Waals surface area contributed by atoms with Gasteiger partial charge in [0.05, 0.1) is 6.17 Å². The van der Waals surface area contributed by atoms with Gasteiger partial charge in [-0.15, -0.1) is 0 Å².